The van der Waals surface area contributed by atoms with Crippen LogP contribution in [0.25, 0.3) is 0 Å². The quantitative estimate of drug-likeness (QED) is 0.897. The molecule has 0 aliphatic heterocycles. The molecule has 0 saturated heterocycles. The summed E-state index contributed by atoms with van der Waals surface area (Å²) in [4.78, 5) is 0. The Balaban J connectivity index is 3.07. The SMILES string of the molecule is CCCS(=O)(=O)C(C)C(N)c1cc(F)ccc1F. The predicted octanol–water partition coefficient (Wildman–Crippen LogP) is 2.18. The van der Waals surface area contributed by atoms with Crippen LogP contribution < -0.4 is 5.73 Å². The number of rotatable bonds is 5. The summed E-state index contributed by atoms with van der Waals surface area (Å²) in [5.74, 6) is -1.34. The maximum absolute atomic E-state index is 13.5. The van der Waals surface area contributed by atoms with Crippen LogP contribution >= 0.6 is 0 Å². The van der Waals surface area contributed by atoms with E-state index in [1.54, 1.807) is 6.92 Å². The first kappa shape index (κ1) is 15.0. The molecular formula is C12H17F2NO2S. The molecule has 6 heteroatoms. The Morgan fingerprint density at radius 1 is 1.33 bits per heavy atom. The largest absolute Gasteiger partial charge is 0.323 e. The number of nitrogens with two attached hydrogens (primary N) is 1. The van der Waals surface area contributed by atoms with E-state index < -0.39 is 32.8 Å². The Kier molecular flexibility index (Phi) is 4.81. The smallest absolute Gasteiger partial charge is 0.154 e. The van der Waals surface area contributed by atoms with E-state index in [0.29, 0.717) is 6.42 Å². The van der Waals surface area contributed by atoms with Gasteiger partial charge in [0.25, 0.3) is 0 Å². The molecule has 102 valence electrons. The number of halogens is 2. The summed E-state index contributed by atoms with van der Waals surface area (Å²) in [5, 5.41) is -0.950. The highest BCUT2D eigenvalue weighted by Gasteiger charge is 2.29. The van der Waals surface area contributed by atoms with Crippen molar-refractivity contribution in [1.29, 1.82) is 0 Å². The van der Waals surface area contributed by atoms with Crippen molar-refractivity contribution in [3.8, 4) is 0 Å². The molecule has 1 rings (SSSR count). The lowest BCUT2D eigenvalue weighted by molar-refractivity contribution is 0.537. The van der Waals surface area contributed by atoms with Gasteiger partial charge in [0.15, 0.2) is 9.84 Å². The van der Waals surface area contributed by atoms with Crippen LogP contribution in [0.1, 0.15) is 31.9 Å². The fourth-order valence-electron chi connectivity index (χ4n) is 1.72. The van der Waals surface area contributed by atoms with Crippen LogP contribution in [0, 0.1) is 11.6 Å². The Morgan fingerprint density at radius 3 is 2.50 bits per heavy atom. The van der Waals surface area contributed by atoms with Gasteiger partial charge in [-0.1, -0.05) is 6.92 Å². The zero-order chi connectivity index (χ0) is 13.9. The maximum Gasteiger partial charge on any atom is 0.154 e. The summed E-state index contributed by atoms with van der Waals surface area (Å²) in [6.07, 6.45) is 0.463. The van der Waals surface area contributed by atoms with Crippen molar-refractivity contribution in [2.24, 2.45) is 5.73 Å². The minimum absolute atomic E-state index is 0.0151. The predicted molar refractivity (Wildman–Crippen MR) is 66.8 cm³/mol. The molecule has 0 amide bonds. The number of hydrogen-bond donors (Lipinski definition) is 1. The van der Waals surface area contributed by atoms with Crippen molar-refractivity contribution in [3.63, 3.8) is 0 Å². The van der Waals surface area contributed by atoms with E-state index >= 15 is 0 Å². The minimum Gasteiger partial charge on any atom is -0.323 e. The molecule has 2 atom stereocenters. The first-order valence-corrected chi connectivity index (χ1v) is 7.43. The van der Waals surface area contributed by atoms with Gasteiger partial charge in [-0.05, 0) is 31.5 Å². The zero-order valence-electron chi connectivity index (χ0n) is 10.4. The molecule has 1 aromatic rings. The van der Waals surface area contributed by atoms with Crippen LogP contribution in [0.5, 0.6) is 0 Å². The van der Waals surface area contributed by atoms with Crippen molar-refractivity contribution in [2.75, 3.05) is 5.75 Å². The first-order valence-electron chi connectivity index (χ1n) is 5.71. The summed E-state index contributed by atoms with van der Waals surface area (Å²) in [6, 6.07) is 1.79. The molecule has 0 bridgehead atoms. The molecule has 2 unspecified atom stereocenters. The van der Waals surface area contributed by atoms with Crippen LogP contribution in [0.2, 0.25) is 0 Å². The fourth-order valence-corrected chi connectivity index (χ4v) is 3.25. The summed E-state index contributed by atoms with van der Waals surface area (Å²) in [6.45, 7) is 3.15. The van der Waals surface area contributed by atoms with Gasteiger partial charge in [0, 0.05) is 11.6 Å². The summed E-state index contributed by atoms with van der Waals surface area (Å²) >= 11 is 0. The molecule has 0 saturated carbocycles. The van der Waals surface area contributed by atoms with Gasteiger partial charge in [0.2, 0.25) is 0 Å². The molecular weight excluding hydrogens is 260 g/mol. The monoisotopic (exact) mass is 277 g/mol. The molecule has 0 spiro atoms. The molecule has 0 aliphatic carbocycles. The number of benzene rings is 1. The molecule has 2 N–H and O–H groups in total. The van der Waals surface area contributed by atoms with Crippen LogP contribution in [-0.4, -0.2) is 19.4 Å². The van der Waals surface area contributed by atoms with Crippen LogP contribution in [0.15, 0.2) is 18.2 Å². The summed E-state index contributed by atoms with van der Waals surface area (Å²) in [7, 11) is -3.40. The van der Waals surface area contributed by atoms with Crippen molar-refractivity contribution in [2.45, 2.75) is 31.6 Å². The average Bonchev–Trinajstić information content (AvgIpc) is 2.30. The fraction of sp³-hybridized carbons (Fsp3) is 0.500. The molecule has 0 aromatic heterocycles. The summed E-state index contributed by atoms with van der Waals surface area (Å²) < 4.78 is 50.2. The lowest BCUT2D eigenvalue weighted by Gasteiger charge is -2.20. The second-order valence-corrected chi connectivity index (χ2v) is 6.74. The van der Waals surface area contributed by atoms with Gasteiger partial charge >= 0.3 is 0 Å². The van der Waals surface area contributed by atoms with E-state index in [9.17, 15) is 17.2 Å². The average molecular weight is 277 g/mol. The van der Waals surface area contributed by atoms with E-state index in [1.807, 2.05) is 0 Å². The Morgan fingerprint density at radius 2 is 1.94 bits per heavy atom. The molecule has 18 heavy (non-hydrogen) atoms. The second kappa shape index (κ2) is 5.75. The molecule has 0 heterocycles. The van der Waals surface area contributed by atoms with E-state index in [-0.39, 0.29) is 11.3 Å². The van der Waals surface area contributed by atoms with Gasteiger partial charge < -0.3 is 5.73 Å². The third kappa shape index (κ3) is 3.26. The third-order valence-electron chi connectivity index (χ3n) is 2.88. The molecule has 0 fully saturated rings. The van der Waals surface area contributed by atoms with Gasteiger partial charge in [-0.15, -0.1) is 0 Å². The van der Waals surface area contributed by atoms with Gasteiger partial charge in [-0.3, -0.25) is 0 Å². The lowest BCUT2D eigenvalue weighted by Crippen LogP contribution is -2.33. The highest BCUT2D eigenvalue weighted by atomic mass is 32.2. The highest BCUT2D eigenvalue weighted by Crippen LogP contribution is 2.23. The van der Waals surface area contributed by atoms with Gasteiger partial charge in [0.1, 0.15) is 11.6 Å². The number of hydrogen-bond acceptors (Lipinski definition) is 3. The molecule has 0 radical (unpaired) electrons. The molecule has 1 aromatic carbocycles. The van der Waals surface area contributed by atoms with E-state index in [4.69, 9.17) is 5.73 Å². The van der Waals surface area contributed by atoms with E-state index in [2.05, 4.69) is 0 Å². The lowest BCUT2D eigenvalue weighted by atomic mass is 10.0. The standard InChI is InChI=1S/C12H17F2NO2S/c1-3-6-18(16,17)8(2)12(15)10-7-9(13)4-5-11(10)14/h4-5,7-8,12H,3,6,15H2,1-2H3. The van der Waals surface area contributed by atoms with Crippen LogP contribution in [0.3, 0.4) is 0 Å². The molecule has 0 aliphatic rings. The van der Waals surface area contributed by atoms with E-state index in [1.165, 1.54) is 6.92 Å². The highest BCUT2D eigenvalue weighted by molar-refractivity contribution is 7.92. The number of sulfone groups is 1. The summed E-state index contributed by atoms with van der Waals surface area (Å²) in [5.41, 5.74) is 5.63. The van der Waals surface area contributed by atoms with Crippen LogP contribution in [0.4, 0.5) is 8.78 Å². The van der Waals surface area contributed by atoms with E-state index in [0.717, 1.165) is 18.2 Å². The van der Waals surface area contributed by atoms with Gasteiger partial charge in [0.05, 0.1) is 11.0 Å². The third-order valence-corrected chi connectivity index (χ3v) is 5.28. The maximum atomic E-state index is 13.5. The minimum atomic E-state index is -3.40. The second-order valence-electron chi connectivity index (χ2n) is 4.26. The van der Waals surface area contributed by atoms with Gasteiger partial charge in [-0.2, -0.15) is 0 Å². The van der Waals surface area contributed by atoms with Crippen LogP contribution in [-0.2, 0) is 9.84 Å². The normalized spacial score (nSPS) is 15.4. The Bertz CT molecular complexity index is 517. The zero-order valence-corrected chi connectivity index (χ0v) is 11.2. The van der Waals surface area contributed by atoms with Crippen molar-refractivity contribution in [3.05, 3.63) is 35.4 Å². The Hall–Kier alpha value is -1.01. The Labute approximate surface area is 106 Å². The van der Waals surface area contributed by atoms with Crippen molar-refractivity contribution < 1.29 is 17.2 Å². The van der Waals surface area contributed by atoms with Gasteiger partial charge in [-0.25, -0.2) is 17.2 Å². The van der Waals surface area contributed by atoms with Crippen molar-refractivity contribution in [1.82, 2.24) is 0 Å². The first-order chi connectivity index (χ1) is 8.29. The molecule has 3 nitrogen and oxygen atoms in total. The topological polar surface area (TPSA) is 60.2 Å². The van der Waals surface area contributed by atoms with Crippen molar-refractivity contribution >= 4 is 9.84 Å².